The fraction of sp³-hybridized carbons (Fsp3) is 0.263. The lowest BCUT2D eigenvalue weighted by molar-refractivity contribution is -0.142. The van der Waals surface area contributed by atoms with Crippen LogP contribution < -0.4 is 5.32 Å². The van der Waals surface area contributed by atoms with Crippen molar-refractivity contribution in [3.8, 4) is 0 Å². The number of hydrogen-bond donors (Lipinski definition) is 1. The van der Waals surface area contributed by atoms with Gasteiger partial charge in [0.05, 0.1) is 17.5 Å². The molecular formula is C19H16ClF4N3O. The summed E-state index contributed by atoms with van der Waals surface area (Å²) in [5, 5.41) is 2.72. The number of pyridine rings is 1. The largest absolute Gasteiger partial charge is 0.389 e. The van der Waals surface area contributed by atoms with E-state index in [0.29, 0.717) is 28.2 Å². The van der Waals surface area contributed by atoms with Crippen LogP contribution in [-0.4, -0.2) is 21.6 Å². The Hall–Kier alpha value is -2.61. The quantitative estimate of drug-likeness (QED) is 0.564. The van der Waals surface area contributed by atoms with E-state index in [9.17, 15) is 22.4 Å². The number of aryl methyl sites for hydroxylation is 1. The molecule has 0 unspecified atom stereocenters. The first kappa shape index (κ1) is 20.1. The highest BCUT2D eigenvalue weighted by molar-refractivity contribution is 6.30. The van der Waals surface area contributed by atoms with Crippen molar-refractivity contribution in [3.63, 3.8) is 0 Å². The number of hydrogen-bond acceptors (Lipinski definition) is 2. The maximum absolute atomic E-state index is 13.5. The predicted octanol–water partition coefficient (Wildman–Crippen LogP) is 5.47. The zero-order valence-corrected chi connectivity index (χ0v) is 15.5. The summed E-state index contributed by atoms with van der Waals surface area (Å²) in [5.41, 5.74) is 2.57. The zero-order valence-electron chi connectivity index (χ0n) is 14.8. The molecule has 0 fully saturated rings. The molecule has 148 valence electrons. The molecule has 0 aliphatic rings. The maximum atomic E-state index is 13.5. The normalized spacial score (nSPS) is 11.8. The summed E-state index contributed by atoms with van der Waals surface area (Å²) >= 11 is 5.88. The molecule has 0 atom stereocenters. The molecule has 0 saturated heterocycles. The fourth-order valence-corrected chi connectivity index (χ4v) is 3.06. The molecule has 2 aromatic heterocycles. The van der Waals surface area contributed by atoms with Crippen LogP contribution in [0.25, 0.3) is 11.0 Å². The van der Waals surface area contributed by atoms with Crippen LogP contribution in [0.2, 0.25) is 5.02 Å². The highest BCUT2D eigenvalue weighted by Gasteiger charge is 2.28. The summed E-state index contributed by atoms with van der Waals surface area (Å²) in [7, 11) is 0. The van der Waals surface area contributed by atoms with Crippen molar-refractivity contribution in [3.05, 3.63) is 58.5 Å². The molecule has 0 radical (unpaired) electrons. The molecule has 0 aliphatic carbocycles. The average molecular weight is 414 g/mol. The maximum Gasteiger partial charge on any atom is 0.389 e. The van der Waals surface area contributed by atoms with Gasteiger partial charge in [-0.2, -0.15) is 13.2 Å². The lowest BCUT2D eigenvalue weighted by atomic mass is 10.2. The van der Waals surface area contributed by atoms with Crippen molar-refractivity contribution in [2.75, 3.05) is 5.32 Å². The van der Waals surface area contributed by atoms with Crippen molar-refractivity contribution in [2.24, 2.45) is 0 Å². The number of anilines is 1. The van der Waals surface area contributed by atoms with E-state index in [0.717, 1.165) is 5.52 Å². The molecular weight excluding hydrogens is 398 g/mol. The van der Waals surface area contributed by atoms with Crippen LogP contribution in [0.4, 0.5) is 23.4 Å². The first-order valence-corrected chi connectivity index (χ1v) is 8.76. The van der Waals surface area contributed by atoms with Gasteiger partial charge in [0.2, 0.25) is 5.91 Å². The van der Waals surface area contributed by atoms with Gasteiger partial charge in [-0.15, -0.1) is 0 Å². The number of nitrogens with one attached hydrogen (secondary N) is 1. The van der Waals surface area contributed by atoms with E-state index >= 15 is 0 Å². The van der Waals surface area contributed by atoms with E-state index in [4.69, 9.17) is 11.6 Å². The van der Waals surface area contributed by atoms with Gasteiger partial charge in [0.25, 0.3) is 0 Å². The third-order valence-electron chi connectivity index (χ3n) is 4.11. The molecule has 0 spiro atoms. The third-order valence-corrected chi connectivity index (χ3v) is 4.33. The summed E-state index contributed by atoms with van der Waals surface area (Å²) < 4.78 is 52.1. The Morgan fingerprint density at radius 2 is 2.00 bits per heavy atom. The number of alkyl halides is 3. The molecule has 3 rings (SSSR count). The van der Waals surface area contributed by atoms with Gasteiger partial charge in [-0.25, -0.2) is 9.37 Å². The van der Waals surface area contributed by atoms with Crippen molar-refractivity contribution in [1.29, 1.82) is 0 Å². The molecule has 0 aliphatic heterocycles. The number of carbonyl (C=O) groups is 1. The summed E-state index contributed by atoms with van der Waals surface area (Å²) in [5.74, 6) is -0.968. The lowest BCUT2D eigenvalue weighted by Gasteiger charge is -2.11. The molecule has 1 amide bonds. The third kappa shape index (κ3) is 5.01. The van der Waals surface area contributed by atoms with Gasteiger partial charge in [0.15, 0.2) is 0 Å². The van der Waals surface area contributed by atoms with Crippen LogP contribution in [0.5, 0.6) is 0 Å². The molecule has 0 saturated carbocycles. The number of fused-ring (bicyclic) bond motifs is 1. The summed E-state index contributed by atoms with van der Waals surface area (Å²) in [4.78, 5) is 16.1. The van der Waals surface area contributed by atoms with E-state index in [-0.39, 0.29) is 5.82 Å². The SMILES string of the molecule is Cc1cc2c(ccn2Cc2cc(F)cc(Cl)c2)nc1NC(=O)CCC(F)(F)F. The Kier molecular flexibility index (Phi) is 5.60. The van der Waals surface area contributed by atoms with Gasteiger partial charge in [-0.05, 0) is 48.4 Å². The van der Waals surface area contributed by atoms with Crippen LogP contribution in [0, 0.1) is 12.7 Å². The van der Waals surface area contributed by atoms with Crippen molar-refractivity contribution in [2.45, 2.75) is 32.5 Å². The Bertz CT molecular complexity index is 1010. The van der Waals surface area contributed by atoms with Crippen LogP contribution in [0.3, 0.4) is 0 Å². The molecule has 9 heteroatoms. The van der Waals surface area contributed by atoms with E-state index in [1.54, 1.807) is 31.3 Å². The summed E-state index contributed by atoms with van der Waals surface area (Å²) in [6.07, 6.45) is -4.48. The van der Waals surface area contributed by atoms with E-state index in [1.807, 2.05) is 4.57 Å². The van der Waals surface area contributed by atoms with Crippen LogP contribution in [0.15, 0.2) is 36.5 Å². The average Bonchev–Trinajstić information content (AvgIpc) is 2.93. The van der Waals surface area contributed by atoms with Gasteiger partial charge in [-0.3, -0.25) is 4.79 Å². The van der Waals surface area contributed by atoms with Gasteiger partial charge >= 0.3 is 6.18 Å². The van der Waals surface area contributed by atoms with Gasteiger partial charge in [-0.1, -0.05) is 11.6 Å². The molecule has 1 aromatic carbocycles. The van der Waals surface area contributed by atoms with Crippen molar-refractivity contribution < 1.29 is 22.4 Å². The second-order valence-corrected chi connectivity index (χ2v) is 6.88. The number of halogens is 5. The predicted molar refractivity (Wildman–Crippen MR) is 98.9 cm³/mol. The van der Waals surface area contributed by atoms with Gasteiger partial charge in [0, 0.05) is 24.2 Å². The Labute approximate surface area is 163 Å². The van der Waals surface area contributed by atoms with Crippen molar-refractivity contribution >= 4 is 34.4 Å². The Morgan fingerprint density at radius 1 is 1.25 bits per heavy atom. The number of nitrogens with zero attached hydrogens (tertiary/aromatic N) is 2. The van der Waals surface area contributed by atoms with E-state index in [2.05, 4.69) is 10.3 Å². The zero-order chi connectivity index (χ0) is 20.5. The molecule has 28 heavy (non-hydrogen) atoms. The van der Waals surface area contributed by atoms with Gasteiger partial charge in [0.1, 0.15) is 11.6 Å². The first-order chi connectivity index (χ1) is 13.1. The minimum absolute atomic E-state index is 0.214. The standard InChI is InChI=1S/C19H16ClF4N3O/c1-11-6-16-15(25-18(11)26-17(28)2-4-19(22,23)24)3-5-27(16)10-12-7-13(20)9-14(21)8-12/h3,5-9H,2,4,10H2,1H3,(H,25,26,28). The van der Waals surface area contributed by atoms with Crippen LogP contribution in [0.1, 0.15) is 24.0 Å². The Morgan fingerprint density at radius 3 is 2.68 bits per heavy atom. The summed E-state index contributed by atoms with van der Waals surface area (Å²) in [6, 6.07) is 7.74. The van der Waals surface area contributed by atoms with Crippen LogP contribution in [-0.2, 0) is 11.3 Å². The highest BCUT2D eigenvalue weighted by atomic mass is 35.5. The molecule has 1 N–H and O–H groups in total. The lowest BCUT2D eigenvalue weighted by Crippen LogP contribution is -2.17. The molecule has 3 aromatic rings. The molecule has 0 bridgehead atoms. The molecule has 2 heterocycles. The number of carbonyl (C=O) groups excluding carboxylic acids is 1. The minimum Gasteiger partial charge on any atom is -0.342 e. The number of amides is 1. The van der Waals surface area contributed by atoms with Crippen molar-refractivity contribution in [1.82, 2.24) is 9.55 Å². The second-order valence-electron chi connectivity index (χ2n) is 6.44. The van der Waals surface area contributed by atoms with E-state index in [1.165, 1.54) is 12.1 Å². The minimum atomic E-state index is -4.39. The smallest absolute Gasteiger partial charge is 0.342 e. The highest BCUT2D eigenvalue weighted by Crippen LogP contribution is 2.25. The first-order valence-electron chi connectivity index (χ1n) is 8.39. The Balaban J connectivity index is 1.80. The molecule has 4 nitrogen and oxygen atoms in total. The fourth-order valence-electron chi connectivity index (χ4n) is 2.82. The topological polar surface area (TPSA) is 46.9 Å². The second kappa shape index (κ2) is 7.79. The summed E-state index contributed by atoms with van der Waals surface area (Å²) in [6.45, 7) is 2.06. The number of benzene rings is 1. The van der Waals surface area contributed by atoms with E-state index < -0.39 is 30.7 Å². The van der Waals surface area contributed by atoms with Crippen LogP contribution >= 0.6 is 11.6 Å². The monoisotopic (exact) mass is 413 g/mol. The van der Waals surface area contributed by atoms with Gasteiger partial charge < -0.3 is 9.88 Å². The number of aromatic nitrogens is 2. The number of rotatable bonds is 5.